The van der Waals surface area contributed by atoms with E-state index in [1.807, 2.05) is 0 Å². The third kappa shape index (κ3) is 2.60. The Morgan fingerprint density at radius 1 is 1.50 bits per heavy atom. The van der Waals surface area contributed by atoms with Gasteiger partial charge in [-0.1, -0.05) is 12.8 Å². The lowest BCUT2D eigenvalue weighted by molar-refractivity contribution is 0.623. The summed E-state index contributed by atoms with van der Waals surface area (Å²) in [7, 11) is 0. The standard InChI is InChI=1S/C7H14N2S/c8-6-9-10-5-7-3-1-2-4-7/h6-7H,1-5H2,(H2,8,9). The first-order valence-corrected chi connectivity index (χ1v) is 4.73. The van der Waals surface area contributed by atoms with Gasteiger partial charge < -0.3 is 5.73 Å². The SMILES string of the molecule is N/C=N/SCC1CCCC1. The molecule has 2 N–H and O–H groups in total. The molecule has 3 heteroatoms. The molecule has 0 bridgehead atoms. The van der Waals surface area contributed by atoms with Gasteiger partial charge in [-0.2, -0.15) is 0 Å². The van der Waals surface area contributed by atoms with Gasteiger partial charge in [0.15, 0.2) is 0 Å². The molecule has 1 saturated carbocycles. The van der Waals surface area contributed by atoms with Gasteiger partial charge in [0, 0.05) is 5.75 Å². The molecule has 1 rings (SSSR count). The van der Waals surface area contributed by atoms with Crippen molar-refractivity contribution in [3.63, 3.8) is 0 Å². The smallest absolute Gasteiger partial charge is 0.0937 e. The predicted octanol–water partition coefficient (Wildman–Crippen LogP) is 1.81. The molecule has 0 aromatic heterocycles. The predicted molar refractivity (Wildman–Crippen MR) is 47.1 cm³/mol. The molecule has 0 spiro atoms. The molecule has 10 heavy (non-hydrogen) atoms. The fourth-order valence-corrected chi connectivity index (χ4v) is 2.08. The Balaban J connectivity index is 2.01. The molecule has 2 nitrogen and oxygen atoms in total. The first-order valence-electron chi connectivity index (χ1n) is 3.79. The molecular formula is C7H14N2S. The van der Waals surface area contributed by atoms with E-state index in [-0.39, 0.29) is 0 Å². The molecular weight excluding hydrogens is 144 g/mol. The molecule has 58 valence electrons. The van der Waals surface area contributed by atoms with Crippen LogP contribution in [0.2, 0.25) is 0 Å². The molecule has 1 aliphatic rings. The normalized spacial score (nSPS) is 20.8. The number of hydrogen-bond donors (Lipinski definition) is 1. The number of nitrogens with two attached hydrogens (primary N) is 1. The number of nitrogens with zero attached hydrogens (tertiary/aromatic N) is 1. The van der Waals surface area contributed by atoms with Crippen molar-refractivity contribution in [3.05, 3.63) is 0 Å². The summed E-state index contributed by atoms with van der Waals surface area (Å²) >= 11 is 1.59. The quantitative estimate of drug-likeness (QED) is 0.386. The maximum absolute atomic E-state index is 5.10. The Labute approximate surface area is 66.4 Å². The molecule has 1 fully saturated rings. The van der Waals surface area contributed by atoms with Crippen molar-refractivity contribution >= 4 is 18.3 Å². The summed E-state index contributed by atoms with van der Waals surface area (Å²) in [5.41, 5.74) is 5.10. The first-order chi connectivity index (χ1) is 4.93. The summed E-state index contributed by atoms with van der Waals surface area (Å²) in [6, 6.07) is 0. The van der Waals surface area contributed by atoms with Gasteiger partial charge in [-0.05, 0) is 30.7 Å². The summed E-state index contributed by atoms with van der Waals surface area (Å²) in [6.45, 7) is 0. The van der Waals surface area contributed by atoms with Crippen molar-refractivity contribution in [2.24, 2.45) is 16.0 Å². The maximum atomic E-state index is 5.10. The zero-order valence-electron chi connectivity index (χ0n) is 6.12. The molecule has 0 atom stereocenters. The third-order valence-corrected chi connectivity index (χ3v) is 2.81. The van der Waals surface area contributed by atoms with Gasteiger partial charge in [0.2, 0.25) is 0 Å². The molecule has 0 unspecified atom stereocenters. The monoisotopic (exact) mass is 158 g/mol. The van der Waals surface area contributed by atoms with Crippen LogP contribution in [0.5, 0.6) is 0 Å². The van der Waals surface area contributed by atoms with Gasteiger partial charge in [0.1, 0.15) is 0 Å². The summed E-state index contributed by atoms with van der Waals surface area (Å²) < 4.78 is 3.90. The highest BCUT2D eigenvalue weighted by molar-refractivity contribution is 7.98. The third-order valence-electron chi connectivity index (χ3n) is 1.92. The van der Waals surface area contributed by atoms with Gasteiger partial charge in [0.25, 0.3) is 0 Å². The van der Waals surface area contributed by atoms with Crippen LogP contribution in [0.3, 0.4) is 0 Å². The topological polar surface area (TPSA) is 38.4 Å². The van der Waals surface area contributed by atoms with Crippen molar-refractivity contribution in [2.45, 2.75) is 25.7 Å². The van der Waals surface area contributed by atoms with Crippen LogP contribution >= 0.6 is 11.9 Å². The highest BCUT2D eigenvalue weighted by Gasteiger charge is 2.13. The van der Waals surface area contributed by atoms with Crippen molar-refractivity contribution < 1.29 is 0 Å². The molecule has 0 aliphatic heterocycles. The second kappa shape index (κ2) is 4.61. The van der Waals surface area contributed by atoms with Crippen LogP contribution in [-0.4, -0.2) is 12.1 Å². The maximum Gasteiger partial charge on any atom is 0.0937 e. The summed E-state index contributed by atoms with van der Waals surface area (Å²) in [4.78, 5) is 0. The molecule has 1 aliphatic carbocycles. The Bertz CT molecular complexity index is 108. The molecule has 0 saturated heterocycles. The zero-order chi connectivity index (χ0) is 7.23. The van der Waals surface area contributed by atoms with Crippen LogP contribution < -0.4 is 5.73 Å². The van der Waals surface area contributed by atoms with Gasteiger partial charge in [0.05, 0.1) is 6.34 Å². The lowest BCUT2D eigenvalue weighted by Crippen LogP contribution is -1.95. The van der Waals surface area contributed by atoms with Crippen LogP contribution in [0.15, 0.2) is 4.40 Å². The highest BCUT2D eigenvalue weighted by atomic mass is 32.2. The Morgan fingerprint density at radius 2 is 2.20 bits per heavy atom. The largest absolute Gasteiger partial charge is 0.389 e. The fourth-order valence-electron chi connectivity index (χ4n) is 1.37. The van der Waals surface area contributed by atoms with E-state index in [9.17, 15) is 0 Å². The Hall–Kier alpha value is -0.180. The van der Waals surface area contributed by atoms with Gasteiger partial charge in [-0.3, -0.25) is 0 Å². The van der Waals surface area contributed by atoms with Crippen LogP contribution in [0.25, 0.3) is 0 Å². The Morgan fingerprint density at radius 3 is 2.80 bits per heavy atom. The zero-order valence-corrected chi connectivity index (χ0v) is 6.94. The van der Waals surface area contributed by atoms with Gasteiger partial charge in [-0.25, -0.2) is 4.40 Å². The Kier molecular flexibility index (Phi) is 3.65. The van der Waals surface area contributed by atoms with E-state index in [1.165, 1.54) is 32.0 Å². The molecule has 0 heterocycles. The first kappa shape index (κ1) is 7.92. The van der Waals surface area contributed by atoms with Crippen LogP contribution in [0.4, 0.5) is 0 Å². The van der Waals surface area contributed by atoms with Crippen LogP contribution in [-0.2, 0) is 0 Å². The minimum absolute atomic E-state index is 0.911. The lowest BCUT2D eigenvalue weighted by atomic mass is 10.1. The van der Waals surface area contributed by atoms with Crippen LogP contribution in [0, 0.1) is 5.92 Å². The fraction of sp³-hybridized carbons (Fsp3) is 0.857. The van der Waals surface area contributed by atoms with Crippen LogP contribution in [0.1, 0.15) is 25.7 Å². The molecule has 0 aromatic carbocycles. The molecule has 0 radical (unpaired) electrons. The second-order valence-electron chi connectivity index (χ2n) is 2.70. The molecule has 0 aromatic rings. The summed E-state index contributed by atoms with van der Waals surface area (Å²) in [5.74, 6) is 2.07. The van der Waals surface area contributed by atoms with Gasteiger partial charge in [-0.15, -0.1) is 0 Å². The van der Waals surface area contributed by atoms with Crippen molar-refractivity contribution in [1.82, 2.24) is 0 Å². The summed E-state index contributed by atoms with van der Waals surface area (Å²) in [5, 5.41) is 0. The number of rotatable bonds is 3. The van der Waals surface area contributed by atoms with Gasteiger partial charge >= 0.3 is 0 Å². The molecule has 0 amide bonds. The van der Waals surface area contributed by atoms with E-state index < -0.39 is 0 Å². The average Bonchev–Trinajstić information content (AvgIpc) is 2.41. The second-order valence-corrected chi connectivity index (χ2v) is 3.50. The van der Waals surface area contributed by atoms with E-state index in [0.29, 0.717) is 0 Å². The van der Waals surface area contributed by atoms with E-state index in [2.05, 4.69) is 4.40 Å². The summed E-state index contributed by atoms with van der Waals surface area (Å²) in [6.07, 6.45) is 6.99. The van der Waals surface area contributed by atoms with Crippen molar-refractivity contribution in [2.75, 3.05) is 5.75 Å². The number of hydrogen-bond acceptors (Lipinski definition) is 2. The van der Waals surface area contributed by atoms with E-state index >= 15 is 0 Å². The van der Waals surface area contributed by atoms with Crippen molar-refractivity contribution in [1.29, 1.82) is 0 Å². The van der Waals surface area contributed by atoms with E-state index in [0.717, 1.165) is 11.7 Å². The minimum Gasteiger partial charge on any atom is -0.389 e. The minimum atomic E-state index is 0.911. The lowest BCUT2D eigenvalue weighted by Gasteiger charge is -2.02. The highest BCUT2D eigenvalue weighted by Crippen LogP contribution is 2.27. The van der Waals surface area contributed by atoms with E-state index in [4.69, 9.17) is 5.73 Å². The van der Waals surface area contributed by atoms with E-state index in [1.54, 1.807) is 11.9 Å². The average molecular weight is 158 g/mol. The van der Waals surface area contributed by atoms with Crippen molar-refractivity contribution in [3.8, 4) is 0 Å².